The van der Waals surface area contributed by atoms with Crippen LogP contribution in [0.25, 0.3) is 0 Å². The summed E-state index contributed by atoms with van der Waals surface area (Å²) in [7, 11) is -3.87. The van der Waals surface area contributed by atoms with Gasteiger partial charge >= 0.3 is 0 Å². The average molecular weight is 600 g/mol. The van der Waals surface area contributed by atoms with E-state index in [9.17, 15) is 18.0 Å². The first-order chi connectivity index (χ1) is 19.3. The predicted octanol–water partition coefficient (Wildman–Crippen LogP) is 5.06. The summed E-state index contributed by atoms with van der Waals surface area (Å²) in [6.45, 7) is 7.40. The van der Waals surface area contributed by atoms with Gasteiger partial charge < -0.3 is 15.0 Å². The molecular weight excluding hydrogens is 562 g/mol. The second-order valence-corrected chi connectivity index (χ2v) is 13.1. The van der Waals surface area contributed by atoms with Crippen molar-refractivity contribution < 1.29 is 22.7 Å². The molecule has 0 aliphatic rings. The lowest BCUT2D eigenvalue weighted by Gasteiger charge is -2.35. The molecule has 2 amide bonds. The third-order valence-corrected chi connectivity index (χ3v) is 7.69. The first-order valence-electron chi connectivity index (χ1n) is 13.4. The van der Waals surface area contributed by atoms with Gasteiger partial charge in [0.1, 0.15) is 18.3 Å². The van der Waals surface area contributed by atoms with E-state index in [-0.39, 0.29) is 18.9 Å². The van der Waals surface area contributed by atoms with Crippen LogP contribution in [-0.2, 0) is 32.6 Å². The summed E-state index contributed by atoms with van der Waals surface area (Å²) in [5.74, 6) is -0.318. The van der Waals surface area contributed by atoms with Crippen molar-refractivity contribution in [3.8, 4) is 5.75 Å². The van der Waals surface area contributed by atoms with E-state index in [0.29, 0.717) is 28.6 Å². The maximum Gasteiger partial charge on any atom is 0.244 e. The van der Waals surface area contributed by atoms with E-state index >= 15 is 0 Å². The lowest BCUT2D eigenvalue weighted by atomic mass is 10.0. The fourth-order valence-electron chi connectivity index (χ4n) is 4.31. The number of hydrogen-bond acceptors (Lipinski definition) is 5. The minimum atomic E-state index is -3.87. The average Bonchev–Trinajstić information content (AvgIpc) is 2.90. The zero-order valence-electron chi connectivity index (χ0n) is 24.1. The van der Waals surface area contributed by atoms with Gasteiger partial charge in [-0.25, -0.2) is 8.42 Å². The Morgan fingerprint density at radius 1 is 0.951 bits per heavy atom. The molecule has 0 radical (unpaired) electrons. The lowest BCUT2D eigenvalue weighted by molar-refractivity contribution is -0.140. The van der Waals surface area contributed by atoms with Crippen LogP contribution in [0.3, 0.4) is 0 Å². The molecule has 220 valence electrons. The Morgan fingerprint density at radius 2 is 1.56 bits per heavy atom. The molecule has 0 aliphatic carbocycles. The number of ether oxygens (including phenoxy) is 1. The topological polar surface area (TPSA) is 96.0 Å². The fraction of sp³-hybridized carbons (Fsp3) is 0.355. The Hall–Kier alpha value is -3.56. The highest BCUT2D eigenvalue weighted by molar-refractivity contribution is 7.92. The van der Waals surface area contributed by atoms with Crippen molar-refractivity contribution in [2.75, 3.05) is 23.7 Å². The second-order valence-electron chi connectivity index (χ2n) is 10.8. The van der Waals surface area contributed by atoms with E-state index < -0.39 is 34.1 Å². The molecule has 0 heterocycles. The molecule has 0 spiro atoms. The Labute approximate surface area is 248 Å². The van der Waals surface area contributed by atoms with Crippen LogP contribution < -0.4 is 14.4 Å². The van der Waals surface area contributed by atoms with Gasteiger partial charge in [0.25, 0.3) is 0 Å². The zero-order valence-corrected chi connectivity index (χ0v) is 25.7. The summed E-state index contributed by atoms with van der Waals surface area (Å²) in [6.07, 6.45) is 1.27. The largest absolute Gasteiger partial charge is 0.494 e. The van der Waals surface area contributed by atoms with E-state index in [2.05, 4.69) is 5.32 Å². The van der Waals surface area contributed by atoms with Gasteiger partial charge in [0.05, 0.1) is 18.6 Å². The van der Waals surface area contributed by atoms with Gasteiger partial charge in [-0.15, -0.1) is 0 Å². The summed E-state index contributed by atoms with van der Waals surface area (Å²) >= 11 is 6.48. The third-order valence-electron chi connectivity index (χ3n) is 6.18. The van der Waals surface area contributed by atoms with Crippen molar-refractivity contribution in [1.29, 1.82) is 0 Å². The lowest BCUT2D eigenvalue weighted by Crippen LogP contribution is -2.56. The van der Waals surface area contributed by atoms with E-state index in [1.165, 1.54) is 4.90 Å². The fourth-order valence-corrected chi connectivity index (χ4v) is 5.35. The van der Waals surface area contributed by atoms with Crippen molar-refractivity contribution in [2.24, 2.45) is 0 Å². The molecule has 8 nitrogen and oxygen atoms in total. The summed E-state index contributed by atoms with van der Waals surface area (Å²) in [6, 6.07) is 22.0. The summed E-state index contributed by atoms with van der Waals surface area (Å²) in [5.41, 5.74) is 1.23. The number of halogens is 1. The number of amides is 2. The van der Waals surface area contributed by atoms with Gasteiger partial charge in [0.2, 0.25) is 21.8 Å². The van der Waals surface area contributed by atoms with Crippen LogP contribution in [0.15, 0.2) is 78.9 Å². The van der Waals surface area contributed by atoms with E-state index in [1.54, 1.807) is 48.5 Å². The number of sulfonamides is 1. The quantitative estimate of drug-likeness (QED) is 0.314. The molecule has 1 N–H and O–H groups in total. The number of nitrogens with zero attached hydrogens (tertiary/aromatic N) is 2. The van der Waals surface area contributed by atoms with Crippen LogP contribution in [0.2, 0.25) is 5.02 Å². The van der Waals surface area contributed by atoms with Crippen LogP contribution in [0.1, 0.15) is 38.8 Å². The van der Waals surface area contributed by atoms with Crippen molar-refractivity contribution in [1.82, 2.24) is 10.2 Å². The molecule has 0 saturated carbocycles. The molecule has 41 heavy (non-hydrogen) atoms. The van der Waals surface area contributed by atoms with E-state index in [0.717, 1.165) is 16.1 Å². The molecule has 3 aromatic carbocycles. The Kier molecular flexibility index (Phi) is 10.8. The zero-order chi connectivity index (χ0) is 30.2. The highest BCUT2D eigenvalue weighted by atomic mass is 35.5. The van der Waals surface area contributed by atoms with E-state index in [1.807, 2.05) is 58.0 Å². The number of nitrogens with one attached hydrogen (secondary N) is 1. The summed E-state index contributed by atoms with van der Waals surface area (Å²) < 4.78 is 32.3. The molecule has 0 unspecified atom stereocenters. The monoisotopic (exact) mass is 599 g/mol. The molecule has 0 bridgehead atoms. The van der Waals surface area contributed by atoms with Crippen LogP contribution in [0.4, 0.5) is 5.69 Å². The third kappa shape index (κ3) is 9.50. The standard InChI is InChI=1S/C31H38ClN3O5S/c1-6-40-26-18-16-25(17-19-26)35(41(5,38)39)22-29(36)34(21-24-14-10-11-15-27(24)32)28(30(37)33-31(2,3)4)20-23-12-8-7-9-13-23/h7-19,28H,6,20-22H2,1-5H3,(H,33,37)/t28-/m0/s1. The molecule has 3 aromatic rings. The summed E-state index contributed by atoms with van der Waals surface area (Å²) in [4.78, 5) is 29.3. The molecule has 3 rings (SSSR count). The second kappa shape index (κ2) is 13.9. The smallest absolute Gasteiger partial charge is 0.244 e. The van der Waals surface area contributed by atoms with Crippen LogP contribution in [0, 0.1) is 0 Å². The molecule has 0 aromatic heterocycles. The van der Waals surface area contributed by atoms with Crippen molar-refractivity contribution in [3.63, 3.8) is 0 Å². The maximum atomic E-state index is 14.1. The number of anilines is 1. The van der Waals surface area contributed by atoms with Crippen LogP contribution in [-0.4, -0.2) is 56.1 Å². The Balaban J connectivity index is 2.06. The normalized spacial score (nSPS) is 12.3. The molecule has 0 fully saturated rings. The van der Waals surface area contributed by atoms with Gasteiger partial charge in [-0.05, 0) is 69.2 Å². The van der Waals surface area contributed by atoms with Crippen molar-refractivity contribution in [2.45, 2.75) is 52.2 Å². The first-order valence-corrected chi connectivity index (χ1v) is 15.6. The van der Waals surface area contributed by atoms with Crippen molar-refractivity contribution in [3.05, 3.63) is 95.0 Å². The molecule has 10 heteroatoms. The van der Waals surface area contributed by atoms with Crippen molar-refractivity contribution >= 4 is 39.1 Å². The number of benzene rings is 3. The molecular formula is C31H38ClN3O5S. The highest BCUT2D eigenvalue weighted by Gasteiger charge is 2.34. The predicted molar refractivity (Wildman–Crippen MR) is 164 cm³/mol. The maximum absolute atomic E-state index is 14.1. The Morgan fingerprint density at radius 3 is 2.12 bits per heavy atom. The number of carbonyl (C=O) groups is 2. The molecule has 1 atom stereocenters. The Bertz CT molecular complexity index is 1420. The SMILES string of the molecule is CCOc1ccc(N(CC(=O)N(Cc2ccccc2Cl)[C@@H](Cc2ccccc2)C(=O)NC(C)(C)C)S(C)(=O)=O)cc1. The van der Waals surface area contributed by atoms with Gasteiger partial charge in [-0.3, -0.25) is 13.9 Å². The highest BCUT2D eigenvalue weighted by Crippen LogP contribution is 2.24. The number of rotatable bonds is 12. The van der Waals surface area contributed by atoms with Crippen LogP contribution in [0.5, 0.6) is 5.75 Å². The van der Waals surface area contributed by atoms with Crippen LogP contribution >= 0.6 is 11.6 Å². The van der Waals surface area contributed by atoms with Gasteiger partial charge in [0.15, 0.2) is 0 Å². The molecule has 0 saturated heterocycles. The number of hydrogen-bond donors (Lipinski definition) is 1. The number of carbonyl (C=O) groups excluding carboxylic acids is 2. The van der Waals surface area contributed by atoms with Gasteiger partial charge in [-0.2, -0.15) is 0 Å². The van der Waals surface area contributed by atoms with Gasteiger partial charge in [-0.1, -0.05) is 60.1 Å². The summed E-state index contributed by atoms with van der Waals surface area (Å²) in [5, 5.41) is 3.43. The van der Waals surface area contributed by atoms with E-state index in [4.69, 9.17) is 16.3 Å². The van der Waals surface area contributed by atoms with Gasteiger partial charge in [0, 0.05) is 23.5 Å². The molecule has 0 aliphatic heterocycles. The minimum Gasteiger partial charge on any atom is -0.494 e. The first kappa shape index (κ1) is 32.0. The minimum absolute atomic E-state index is 0.00838.